The number of ether oxygens (including phenoxy) is 1. The van der Waals surface area contributed by atoms with Gasteiger partial charge in [0.2, 0.25) is 0 Å². The maximum Gasteiger partial charge on any atom is 0.293 e. The fourth-order valence-corrected chi connectivity index (χ4v) is 4.20. The molecule has 0 amide bonds. The van der Waals surface area contributed by atoms with Crippen LogP contribution in [-0.4, -0.2) is 20.9 Å². The number of nitrogens with one attached hydrogen (secondary N) is 1. The molecule has 3 aromatic rings. The van der Waals surface area contributed by atoms with E-state index in [1.165, 1.54) is 0 Å². The second-order valence-electron chi connectivity index (χ2n) is 5.30. The minimum atomic E-state index is -3.78. The summed E-state index contributed by atoms with van der Waals surface area (Å²) in [4.78, 5) is 0. The summed E-state index contributed by atoms with van der Waals surface area (Å²) in [5.74, 6) is 1.02. The monoisotopic (exact) mass is 386 g/mol. The van der Waals surface area contributed by atoms with Gasteiger partial charge in [0.15, 0.2) is 5.84 Å². The third-order valence-electron chi connectivity index (χ3n) is 3.44. The van der Waals surface area contributed by atoms with Crippen LogP contribution in [0, 0.1) is 0 Å². The molecule has 0 atom stereocenters. The standard InChI is InChI=1S/C19H18N2O3S2/c1-2-24-17-12-10-16(11-13-17)20-19(15-7-4-3-5-8-15)21-26(22,23)18-9-6-14-25-18/h3-14H,2H2,1H3,(H,20,21). The Hall–Kier alpha value is -2.64. The molecule has 0 unspecified atom stereocenters. The number of amidine groups is 1. The molecule has 0 saturated heterocycles. The van der Waals surface area contributed by atoms with Gasteiger partial charge in [0.05, 0.1) is 6.61 Å². The molecule has 3 rings (SSSR count). The highest BCUT2D eigenvalue weighted by atomic mass is 32.2. The summed E-state index contributed by atoms with van der Waals surface area (Å²) in [6.07, 6.45) is 0. The zero-order valence-electron chi connectivity index (χ0n) is 14.1. The number of hydrogen-bond acceptors (Lipinski definition) is 4. The highest BCUT2D eigenvalue weighted by molar-refractivity contribution is 7.92. The largest absolute Gasteiger partial charge is 0.494 e. The lowest BCUT2D eigenvalue weighted by Gasteiger charge is -2.11. The number of anilines is 1. The Balaban J connectivity index is 1.95. The summed E-state index contributed by atoms with van der Waals surface area (Å²) in [5.41, 5.74) is 1.40. The second-order valence-corrected chi connectivity index (χ2v) is 8.07. The normalized spacial score (nSPS) is 12.0. The molecule has 1 N–H and O–H groups in total. The van der Waals surface area contributed by atoms with Gasteiger partial charge in [-0.05, 0) is 42.6 Å². The van der Waals surface area contributed by atoms with Crippen molar-refractivity contribution in [2.75, 3.05) is 11.9 Å². The van der Waals surface area contributed by atoms with Crippen LogP contribution in [0.1, 0.15) is 12.5 Å². The molecule has 5 nitrogen and oxygen atoms in total. The van der Waals surface area contributed by atoms with Gasteiger partial charge in [0.25, 0.3) is 10.0 Å². The molecule has 1 aromatic heterocycles. The molecule has 0 fully saturated rings. The van der Waals surface area contributed by atoms with Crippen LogP contribution in [0.5, 0.6) is 5.75 Å². The number of benzene rings is 2. The van der Waals surface area contributed by atoms with Gasteiger partial charge in [-0.3, -0.25) is 0 Å². The summed E-state index contributed by atoms with van der Waals surface area (Å²) in [5, 5.41) is 4.82. The van der Waals surface area contributed by atoms with Crippen LogP contribution in [0.15, 0.2) is 80.7 Å². The molecule has 0 aliphatic rings. The molecule has 0 bridgehead atoms. The molecular weight excluding hydrogens is 368 g/mol. The van der Waals surface area contributed by atoms with E-state index < -0.39 is 10.0 Å². The SMILES string of the molecule is CCOc1ccc(N/C(=N\S(=O)(=O)c2cccs2)c2ccccc2)cc1. The Morgan fingerprint density at radius 1 is 1.04 bits per heavy atom. The van der Waals surface area contributed by atoms with Crippen LogP contribution < -0.4 is 10.1 Å². The van der Waals surface area contributed by atoms with Gasteiger partial charge in [-0.1, -0.05) is 36.4 Å². The van der Waals surface area contributed by atoms with E-state index in [1.807, 2.05) is 61.5 Å². The highest BCUT2D eigenvalue weighted by Crippen LogP contribution is 2.21. The molecule has 134 valence electrons. The van der Waals surface area contributed by atoms with Crippen molar-refractivity contribution in [3.63, 3.8) is 0 Å². The Labute approximate surface area is 157 Å². The molecule has 0 aliphatic heterocycles. The molecule has 2 aromatic carbocycles. The first-order chi connectivity index (χ1) is 12.6. The van der Waals surface area contributed by atoms with Crippen molar-refractivity contribution in [1.29, 1.82) is 0 Å². The first-order valence-electron chi connectivity index (χ1n) is 8.02. The Bertz CT molecular complexity index is 965. The number of nitrogens with zero attached hydrogens (tertiary/aromatic N) is 1. The maximum absolute atomic E-state index is 12.6. The van der Waals surface area contributed by atoms with Gasteiger partial charge in [0.1, 0.15) is 9.96 Å². The van der Waals surface area contributed by atoms with Crippen LogP contribution in [0.2, 0.25) is 0 Å². The van der Waals surface area contributed by atoms with Gasteiger partial charge >= 0.3 is 0 Å². The van der Waals surface area contributed by atoms with E-state index in [2.05, 4.69) is 9.71 Å². The third-order valence-corrected chi connectivity index (χ3v) is 6.09. The molecule has 0 saturated carbocycles. The van der Waals surface area contributed by atoms with Crippen molar-refractivity contribution < 1.29 is 13.2 Å². The zero-order valence-corrected chi connectivity index (χ0v) is 15.8. The van der Waals surface area contributed by atoms with Crippen molar-refractivity contribution in [1.82, 2.24) is 0 Å². The summed E-state index contributed by atoms with van der Waals surface area (Å²) in [6, 6.07) is 19.7. The zero-order chi connectivity index (χ0) is 18.4. The number of sulfonamides is 1. The summed E-state index contributed by atoms with van der Waals surface area (Å²) < 4.78 is 34.8. The van der Waals surface area contributed by atoms with E-state index in [-0.39, 0.29) is 10.0 Å². The lowest BCUT2D eigenvalue weighted by Crippen LogP contribution is -2.16. The molecule has 7 heteroatoms. The molecule has 26 heavy (non-hydrogen) atoms. The maximum atomic E-state index is 12.6. The summed E-state index contributed by atoms with van der Waals surface area (Å²) in [7, 11) is -3.78. The van der Waals surface area contributed by atoms with E-state index >= 15 is 0 Å². The summed E-state index contributed by atoms with van der Waals surface area (Å²) in [6.45, 7) is 2.50. The highest BCUT2D eigenvalue weighted by Gasteiger charge is 2.16. The predicted molar refractivity (Wildman–Crippen MR) is 106 cm³/mol. The van der Waals surface area contributed by atoms with Gasteiger partial charge in [0, 0.05) is 11.3 Å². The molecular formula is C19H18N2O3S2. The van der Waals surface area contributed by atoms with Crippen LogP contribution >= 0.6 is 11.3 Å². The van der Waals surface area contributed by atoms with Gasteiger partial charge in [-0.25, -0.2) is 0 Å². The number of thiophene rings is 1. The van der Waals surface area contributed by atoms with Crippen molar-refractivity contribution in [3.8, 4) is 5.75 Å². The molecule has 0 spiro atoms. The predicted octanol–water partition coefficient (Wildman–Crippen LogP) is 4.39. The second kappa shape index (κ2) is 8.16. The van der Waals surface area contributed by atoms with Crippen molar-refractivity contribution in [2.45, 2.75) is 11.1 Å². The first-order valence-corrected chi connectivity index (χ1v) is 10.3. The topological polar surface area (TPSA) is 67.8 Å². The lowest BCUT2D eigenvalue weighted by atomic mass is 10.2. The minimum Gasteiger partial charge on any atom is -0.494 e. The van der Waals surface area contributed by atoms with Crippen molar-refractivity contribution in [2.24, 2.45) is 4.40 Å². The van der Waals surface area contributed by atoms with Crippen LogP contribution in [0.25, 0.3) is 0 Å². The average Bonchev–Trinajstić information content (AvgIpc) is 3.19. The minimum absolute atomic E-state index is 0.208. The fraction of sp³-hybridized carbons (Fsp3) is 0.105. The van der Waals surface area contributed by atoms with Crippen LogP contribution in [0.3, 0.4) is 0 Å². The van der Waals surface area contributed by atoms with Crippen molar-refractivity contribution in [3.05, 3.63) is 77.7 Å². The lowest BCUT2D eigenvalue weighted by molar-refractivity contribution is 0.340. The number of rotatable bonds is 6. The van der Waals surface area contributed by atoms with Crippen molar-refractivity contribution >= 4 is 32.9 Å². The smallest absolute Gasteiger partial charge is 0.293 e. The van der Waals surface area contributed by atoms with Gasteiger partial charge < -0.3 is 10.1 Å². The van der Waals surface area contributed by atoms with E-state index in [0.29, 0.717) is 12.2 Å². The Kier molecular flexibility index (Phi) is 5.70. The van der Waals surface area contributed by atoms with E-state index in [1.54, 1.807) is 17.5 Å². The van der Waals surface area contributed by atoms with Crippen LogP contribution in [0.4, 0.5) is 5.69 Å². The third kappa shape index (κ3) is 4.50. The van der Waals surface area contributed by atoms with E-state index in [0.717, 1.165) is 22.8 Å². The van der Waals surface area contributed by atoms with E-state index in [4.69, 9.17) is 4.74 Å². The fourth-order valence-electron chi connectivity index (χ4n) is 2.26. The van der Waals surface area contributed by atoms with Gasteiger partial charge in [-0.15, -0.1) is 15.7 Å². The van der Waals surface area contributed by atoms with Gasteiger partial charge in [-0.2, -0.15) is 8.42 Å². The molecule has 1 heterocycles. The number of hydrogen-bond donors (Lipinski definition) is 1. The van der Waals surface area contributed by atoms with Crippen LogP contribution in [-0.2, 0) is 10.0 Å². The molecule has 0 aliphatic carbocycles. The molecule has 0 radical (unpaired) electrons. The van der Waals surface area contributed by atoms with E-state index in [9.17, 15) is 8.42 Å². The summed E-state index contributed by atoms with van der Waals surface area (Å²) >= 11 is 1.14. The average molecular weight is 386 g/mol. The first kappa shape index (κ1) is 18.2. The Morgan fingerprint density at radius 2 is 1.77 bits per heavy atom. The Morgan fingerprint density at radius 3 is 2.38 bits per heavy atom. The quantitative estimate of drug-likeness (QED) is 0.504.